The average molecular weight is 145 g/mol. The van der Waals surface area contributed by atoms with Crippen LogP contribution < -0.4 is 0 Å². The maximum absolute atomic E-state index is 7.45. The standard InChI is InChI=1S/C10H11N/c1-7(2)9-5-4-6-10(11)8(9)3/h4-6,11H,1,3H2,2H3. The molecule has 0 heterocycles. The van der Waals surface area contributed by atoms with Gasteiger partial charge in [-0.1, -0.05) is 30.9 Å². The summed E-state index contributed by atoms with van der Waals surface area (Å²) in [6.45, 7) is 9.52. The Kier molecular flexibility index (Phi) is 1.90. The van der Waals surface area contributed by atoms with Crippen molar-refractivity contribution >= 4 is 5.71 Å². The van der Waals surface area contributed by atoms with Gasteiger partial charge in [-0.25, -0.2) is 0 Å². The van der Waals surface area contributed by atoms with Gasteiger partial charge in [0.15, 0.2) is 0 Å². The second-order valence-electron chi connectivity index (χ2n) is 2.61. The molecule has 0 aromatic rings. The second kappa shape index (κ2) is 2.70. The van der Waals surface area contributed by atoms with E-state index in [0.29, 0.717) is 5.71 Å². The molecule has 1 heteroatoms. The summed E-state index contributed by atoms with van der Waals surface area (Å²) in [5.74, 6) is 0. The van der Waals surface area contributed by atoms with E-state index < -0.39 is 0 Å². The molecule has 0 radical (unpaired) electrons. The van der Waals surface area contributed by atoms with Crippen molar-refractivity contribution < 1.29 is 0 Å². The van der Waals surface area contributed by atoms with Crippen molar-refractivity contribution in [3.05, 3.63) is 48.1 Å². The average Bonchev–Trinajstić information content (AvgIpc) is 1.94. The largest absolute Gasteiger partial charge is 0.300 e. The van der Waals surface area contributed by atoms with Gasteiger partial charge >= 0.3 is 0 Å². The summed E-state index contributed by atoms with van der Waals surface area (Å²) in [5, 5.41) is 7.45. The van der Waals surface area contributed by atoms with Crippen LogP contribution in [0.4, 0.5) is 0 Å². The van der Waals surface area contributed by atoms with E-state index in [1.807, 2.05) is 19.1 Å². The summed E-state index contributed by atoms with van der Waals surface area (Å²) in [7, 11) is 0. The zero-order valence-electron chi connectivity index (χ0n) is 6.65. The van der Waals surface area contributed by atoms with Crippen LogP contribution in [0.3, 0.4) is 0 Å². The zero-order chi connectivity index (χ0) is 8.43. The maximum Gasteiger partial charge on any atom is 0.0612 e. The summed E-state index contributed by atoms with van der Waals surface area (Å²) >= 11 is 0. The Hall–Kier alpha value is -1.37. The number of allylic oxidation sites excluding steroid dienone is 6. The highest BCUT2D eigenvalue weighted by atomic mass is 14.4. The quantitative estimate of drug-likeness (QED) is 0.586. The Morgan fingerprint density at radius 3 is 2.64 bits per heavy atom. The van der Waals surface area contributed by atoms with Gasteiger partial charge in [-0.2, -0.15) is 0 Å². The molecule has 1 rings (SSSR count). The number of nitrogens with one attached hydrogen (secondary N) is 1. The third-order valence-corrected chi connectivity index (χ3v) is 1.64. The van der Waals surface area contributed by atoms with Crippen LogP contribution in [0.25, 0.3) is 0 Å². The monoisotopic (exact) mass is 145 g/mol. The first kappa shape index (κ1) is 7.73. The lowest BCUT2D eigenvalue weighted by molar-refractivity contribution is 1.38. The second-order valence-corrected chi connectivity index (χ2v) is 2.61. The molecule has 0 amide bonds. The Bertz CT molecular complexity index is 290. The van der Waals surface area contributed by atoms with Crippen LogP contribution in [-0.4, -0.2) is 5.71 Å². The van der Waals surface area contributed by atoms with Crippen LogP contribution in [0.2, 0.25) is 0 Å². The van der Waals surface area contributed by atoms with E-state index in [4.69, 9.17) is 5.41 Å². The predicted octanol–water partition coefficient (Wildman–Crippen LogP) is 2.63. The van der Waals surface area contributed by atoms with E-state index in [-0.39, 0.29) is 0 Å². The normalized spacial score (nSPS) is 16.6. The van der Waals surface area contributed by atoms with Crippen LogP contribution in [0.1, 0.15) is 6.92 Å². The van der Waals surface area contributed by atoms with Crippen LogP contribution in [0, 0.1) is 5.41 Å². The summed E-state index contributed by atoms with van der Waals surface area (Å²) < 4.78 is 0. The molecule has 0 saturated heterocycles. The van der Waals surface area contributed by atoms with Gasteiger partial charge in [-0.15, -0.1) is 0 Å². The molecule has 0 aromatic heterocycles. The molecule has 1 nitrogen and oxygen atoms in total. The van der Waals surface area contributed by atoms with E-state index in [2.05, 4.69) is 13.2 Å². The molecule has 1 aliphatic rings. The predicted molar refractivity (Wildman–Crippen MR) is 48.9 cm³/mol. The molecule has 0 aromatic carbocycles. The van der Waals surface area contributed by atoms with Crippen molar-refractivity contribution in [2.45, 2.75) is 6.92 Å². The molecular weight excluding hydrogens is 134 g/mol. The van der Waals surface area contributed by atoms with Gasteiger partial charge in [0.2, 0.25) is 0 Å². The molecule has 1 aliphatic carbocycles. The summed E-state index contributed by atoms with van der Waals surface area (Å²) in [4.78, 5) is 0. The van der Waals surface area contributed by atoms with Crippen molar-refractivity contribution in [1.29, 1.82) is 5.41 Å². The van der Waals surface area contributed by atoms with E-state index in [1.54, 1.807) is 6.08 Å². The van der Waals surface area contributed by atoms with Crippen LogP contribution in [0.15, 0.2) is 48.1 Å². The third kappa shape index (κ3) is 1.37. The molecule has 56 valence electrons. The zero-order valence-corrected chi connectivity index (χ0v) is 6.65. The lowest BCUT2D eigenvalue weighted by Crippen LogP contribution is -2.03. The lowest BCUT2D eigenvalue weighted by Gasteiger charge is -2.11. The molecule has 0 saturated carbocycles. The molecule has 0 bridgehead atoms. The van der Waals surface area contributed by atoms with Gasteiger partial charge in [0, 0.05) is 0 Å². The molecule has 0 fully saturated rings. The smallest absolute Gasteiger partial charge is 0.0612 e. The van der Waals surface area contributed by atoms with Gasteiger partial charge in [0.05, 0.1) is 5.71 Å². The minimum atomic E-state index is 0.477. The number of hydrogen-bond donors (Lipinski definition) is 1. The van der Waals surface area contributed by atoms with Crippen LogP contribution in [0.5, 0.6) is 0 Å². The summed E-state index contributed by atoms with van der Waals surface area (Å²) in [6, 6.07) is 0. The van der Waals surface area contributed by atoms with Crippen molar-refractivity contribution in [2.24, 2.45) is 0 Å². The van der Waals surface area contributed by atoms with Crippen molar-refractivity contribution in [3.8, 4) is 0 Å². The van der Waals surface area contributed by atoms with E-state index in [1.165, 1.54) is 0 Å². The fraction of sp³-hybridized carbons (Fsp3) is 0.100. The molecule has 0 aliphatic heterocycles. The van der Waals surface area contributed by atoms with Gasteiger partial charge in [0.1, 0.15) is 0 Å². The van der Waals surface area contributed by atoms with Crippen molar-refractivity contribution in [3.63, 3.8) is 0 Å². The van der Waals surface area contributed by atoms with Crippen LogP contribution in [-0.2, 0) is 0 Å². The third-order valence-electron chi connectivity index (χ3n) is 1.64. The molecular formula is C10H11N. The van der Waals surface area contributed by atoms with Crippen LogP contribution >= 0.6 is 0 Å². The minimum absolute atomic E-state index is 0.477. The molecule has 11 heavy (non-hydrogen) atoms. The molecule has 0 spiro atoms. The number of rotatable bonds is 1. The fourth-order valence-electron chi connectivity index (χ4n) is 0.987. The molecule has 0 atom stereocenters. The summed E-state index contributed by atoms with van der Waals surface area (Å²) in [6.07, 6.45) is 5.51. The Morgan fingerprint density at radius 2 is 2.18 bits per heavy atom. The highest BCUT2D eigenvalue weighted by Gasteiger charge is 2.08. The van der Waals surface area contributed by atoms with Crippen molar-refractivity contribution in [1.82, 2.24) is 0 Å². The van der Waals surface area contributed by atoms with Gasteiger partial charge in [0.25, 0.3) is 0 Å². The molecule has 0 unspecified atom stereocenters. The fourth-order valence-corrected chi connectivity index (χ4v) is 0.987. The molecule has 1 N–H and O–H groups in total. The Morgan fingerprint density at radius 1 is 1.55 bits per heavy atom. The Labute approximate surface area is 66.9 Å². The summed E-state index contributed by atoms with van der Waals surface area (Å²) in [5.41, 5.74) is 3.19. The highest BCUT2D eigenvalue weighted by molar-refractivity contribution is 6.11. The first-order valence-electron chi connectivity index (χ1n) is 3.45. The Balaban J connectivity index is 3.06. The van der Waals surface area contributed by atoms with E-state index in [0.717, 1.165) is 16.7 Å². The minimum Gasteiger partial charge on any atom is -0.300 e. The van der Waals surface area contributed by atoms with Gasteiger partial charge in [-0.3, -0.25) is 0 Å². The van der Waals surface area contributed by atoms with Crippen molar-refractivity contribution in [2.75, 3.05) is 0 Å². The van der Waals surface area contributed by atoms with Gasteiger partial charge in [-0.05, 0) is 24.1 Å². The highest BCUT2D eigenvalue weighted by Crippen LogP contribution is 2.20. The van der Waals surface area contributed by atoms with E-state index in [9.17, 15) is 0 Å². The van der Waals surface area contributed by atoms with E-state index >= 15 is 0 Å². The first-order valence-corrected chi connectivity index (χ1v) is 3.45. The maximum atomic E-state index is 7.45. The lowest BCUT2D eigenvalue weighted by atomic mass is 9.93. The number of hydrogen-bond acceptors (Lipinski definition) is 1. The topological polar surface area (TPSA) is 23.9 Å². The van der Waals surface area contributed by atoms with Gasteiger partial charge < -0.3 is 5.41 Å². The first-order chi connectivity index (χ1) is 5.13. The SMILES string of the molecule is C=C(C)C1=CC=CC(=N)C1=C.